The van der Waals surface area contributed by atoms with Gasteiger partial charge in [-0.1, -0.05) is 54.1 Å². The molecule has 6 aromatic carbocycles. The number of methoxy groups -OCH3 is 2. The van der Waals surface area contributed by atoms with Crippen LogP contribution in [0.15, 0.2) is 109 Å². The second kappa shape index (κ2) is 9.27. The molecule has 0 unspecified atom stereocenters. The van der Waals surface area contributed by atoms with Gasteiger partial charge in [-0.05, 0) is 82.6 Å². The van der Waals surface area contributed by atoms with Crippen LogP contribution in [0.3, 0.4) is 0 Å². The average Bonchev–Trinajstić information content (AvgIpc) is 3.56. The van der Waals surface area contributed by atoms with E-state index in [1.165, 1.54) is 30.9 Å². The normalized spacial score (nSPS) is 11.8. The van der Waals surface area contributed by atoms with Gasteiger partial charge in [-0.3, -0.25) is 0 Å². The first-order chi connectivity index (χ1) is 20.1. The lowest BCUT2D eigenvalue weighted by Crippen LogP contribution is -1.95. The molecule has 8 rings (SSSR count). The summed E-state index contributed by atoms with van der Waals surface area (Å²) in [5.41, 5.74) is 5.33. The molecule has 0 atom stereocenters. The molecule has 0 fully saturated rings. The number of ether oxygens (including phenoxy) is 2. The van der Waals surface area contributed by atoms with Gasteiger partial charge < -0.3 is 14.0 Å². The summed E-state index contributed by atoms with van der Waals surface area (Å²) in [6.45, 7) is 0. The lowest BCUT2D eigenvalue weighted by Gasteiger charge is -2.12. The van der Waals surface area contributed by atoms with Gasteiger partial charge in [0, 0.05) is 42.7 Å². The molecule has 0 bridgehead atoms. The summed E-state index contributed by atoms with van der Waals surface area (Å²) < 4.78 is 15.9. The molecule has 5 heteroatoms. The second-order valence-corrected chi connectivity index (χ2v) is 11.7. The van der Waals surface area contributed by atoms with Crippen molar-refractivity contribution in [1.29, 1.82) is 0 Å². The minimum absolute atomic E-state index is 0.711. The zero-order valence-electron chi connectivity index (χ0n) is 22.4. The van der Waals surface area contributed by atoms with Crippen LogP contribution in [-0.4, -0.2) is 18.8 Å². The summed E-state index contributed by atoms with van der Waals surface area (Å²) in [7, 11) is 3.42. The van der Waals surface area contributed by atoms with Crippen LogP contribution < -0.4 is 9.47 Å². The molecule has 3 nitrogen and oxygen atoms in total. The van der Waals surface area contributed by atoms with Crippen molar-refractivity contribution in [1.82, 2.24) is 4.57 Å². The number of fused-ring (bicyclic) bond motifs is 8. The molecule has 2 heterocycles. The maximum absolute atomic E-state index is 7.15. The highest BCUT2D eigenvalue weighted by atomic mass is 35.5. The number of hydrogen-bond acceptors (Lipinski definition) is 3. The first kappa shape index (κ1) is 24.3. The lowest BCUT2D eigenvalue weighted by molar-refractivity contribution is 0.415. The zero-order chi connectivity index (χ0) is 27.7. The Balaban J connectivity index is 1.45. The van der Waals surface area contributed by atoms with Crippen molar-refractivity contribution in [2.45, 2.75) is 0 Å². The fourth-order valence-electron chi connectivity index (χ4n) is 6.10. The second-order valence-electron chi connectivity index (χ2n) is 10.2. The van der Waals surface area contributed by atoms with E-state index in [1.54, 1.807) is 25.6 Å². The van der Waals surface area contributed by atoms with Gasteiger partial charge in [-0.15, -0.1) is 11.3 Å². The summed E-state index contributed by atoms with van der Waals surface area (Å²) in [6.07, 6.45) is 0. The van der Waals surface area contributed by atoms with Crippen LogP contribution in [-0.2, 0) is 0 Å². The Hall–Kier alpha value is -4.51. The standard InChI is InChI=1S/C36H24ClNO2S/c1-39-25-11-13-27-30-16-23(21-6-4-3-5-7-21)17-31(37)36(30)38(32(27)19-25)24-10-8-22-9-15-33-35(29(22)18-24)28-14-12-26(40-2)20-34(28)41-33/h3-20H,1-2H3. The van der Waals surface area contributed by atoms with Crippen LogP contribution in [0.4, 0.5) is 0 Å². The van der Waals surface area contributed by atoms with Crippen LogP contribution in [0.1, 0.15) is 0 Å². The number of nitrogens with zero attached hydrogens (tertiary/aromatic N) is 1. The van der Waals surface area contributed by atoms with E-state index in [-0.39, 0.29) is 0 Å². The Morgan fingerprint density at radius 2 is 1.37 bits per heavy atom. The largest absolute Gasteiger partial charge is 0.497 e. The van der Waals surface area contributed by atoms with E-state index >= 15 is 0 Å². The summed E-state index contributed by atoms with van der Waals surface area (Å²) in [4.78, 5) is 0. The number of aromatic nitrogens is 1. The molecule has 0 saturated carbocycles. The quantitative estimate of drug-likeness (QED) is 0.210. The van der Waals surface area contributed by atoms with Crippen molar-refractivity contribution < 1.29 is 9.47 Å². The highest BCUT2D eigenvalue weighted by Gasteiger charge is 2.19. The lowest BCUT2D eigenvalue weighted by atomic mass is 10.0. The molecule has 0 aliphatic carbocycles. The molecule has 0 aliphatic rings. The molecule has 0 aliphatic heterocycles. The van der Waals surface area contributed by atoms with E-state index in [0.717, 1.165) is 50.1 Å². The third-order valence-corrected chi connectivity index (χ3v) is 9.44. The molecule has 0 amide bonds. The van der Waals surface area contributed by atoms with Gasteiger partial charge in [-0.25, -0.2) is 0 Å². The number of hydrogen-bond donors (Lipinski definition) is 0. The number of benzene rings is 6. The van der Waals surface area contributed by atoms with Crippen molar-refractivity contribution >= 4 is 75.7 Å². The van der Waals surface area contributed by atoms with E-state index < -0.39 is 0 Å². The van der Waals surface area contributed by atoms with Gasteiger partial charge >= 0.3 is 0 Å². The molecular formula is C36H24ClNO2S. The molecule has 0 spiro atoms. The summed E-state index contributed by atoms with van der Waals surface area (Å²) in [5.74, 6) is 1.68. The smallest absolute Gasteiger partial charge is 0.120 e. The van der Waals surface area contributed by atoms with Crippen molar-refractivity contribution in [2.75, 3.05) is 14.2 Å². The van der Waals surface area contributed by atoms with Crippen molar-refractivity contribution in [3.8, 4) is 28.3 Å². The van der Waals surface area contributed by atoms with Crippen LogP contribution in [0.2, 0.25) is 5.02 Å². The van der Waals surface area contributed by atoms with E-state index in [4.69, 9.17) is 21.1 Å². The summed E-state index contributed by atoms with van der Waals surface area (Å²) in [5, 5.41) is 7.87. The van der Waals surface area contributed by atoms with Crippen molar-refractivity contribution in [3.63, 3.8) is 0 Å². The Morgan fingerprint density at radius 1 is 0.610 bits per heavy atom. The maximum Gasteiger partial charge on any atom is 0.120 e. The molecule has 41 heavy (non-hydrogen) atoms. The number of halogens is 1. The molecule has 198 valence electrons. The molecule has 0 radical (unpaired) electrons. The average molecular weight is 570 g/mol. The summed E-state index contributed by atoms with van der Waals surface area (Å²) in [6, 6.07) is 38.4. The third-order valence-electron chi connectivity index (χ3n) is 8.03. The van der Waals surface area contributed by atoms with Gasteiger partial charge in [-0.2, -0.15) is 0 Å². The van der Waals surface area contributed by atoms with Gasteiger partial charge in [0.1, 0.15) is 11.5 Å². The SMILES string of the molecule is COc1ccc2c(c1)sc1ccc3ccc(-n4c5cc(OC)ccc5c5cc(-c6ccccc6)cc(Cl)c54)cc3c12. The number of thiophene rings is 1. The van der Waals surface area contributed by atoms with E-state index in [2.05, 4.69) is 95.6 Å². The Bertz CT molecular complexity index is 2300. The molecule has 2 aromatic heterocycles. The minimum Gasteiger partial charge on any atom is -0.497 e. The van der Waals surface area contributed by atoms with Crippen LogP contribution >= 0.6 is 22.9 Å². The van der Waals surface area contributed by atoms with Gasteiger partial charge in [0.25, 0.3) is 0 Å². The van der Waals surface area contributed by atoms with Crippen LogP contribution in [0, 0.1) is 0 Å². The summed E-state index contributed by atoms with van der Waals surface area (Å²) >= 11 is 8.95. The first-order valence-corrected chi connectivity index (χ1v) is 14.6. The molecular weight excluding hydrogens is 546 g/mol. The zero-order valence-corrected chi connectivity index (χ0v) is 24.0. The highest BCUT2D eigenvalue weighted by molar-refractivity contribution is 7.26. The van der Waals surface area contributed by atoms with Crippen LogP contribution in [0.5, 0.6) is 11.5 Å². The third kappa shape index (κ3) is 3.72. The van der Waals surface area contributed by atoms with E-state index in [0.29, 0.717) is 5.02 Å². The van der Waals surface area contributed by atoms with Gasteiger partial charge in [0.2, 0.25) is 0 Å². The first-order valence-electron chi connectivity index (χ1n) is 13.4. The molecule has 8 aromatic rings. The van der Waals surface area contributed by atoms with E-state index in [9.17, 15) is 0 Å². The monoisotopic (exact) mass is 569 g/mol. The van der Waals surface area contributed by atoms with Crippen molar-refractivity contribution in [2.24, 2.45) is 0 Å². The van der Waals surface area contributed by atoms with Gasteiger partial charge in [0.15, 0.2) is 0 Å². The highest BCUT2D eigenvalue weighted by Crippen LogP contribution is 2.43. The molecule has 0 N–H and O–H groups in total. The topological polar surface area (TPSA) is 23.4 Å². The van der Waals surface area contributed by atoms with Crippen LogP contribution in [0.25, 0.3) is 69.6 Å². The maximum atomic E-state index is 7.15. The minimum atomic E-state index is 0.711. The number of rotatable bonds is 4. The Morgan fingerprint density at radius 3 is 2.17 bits per heavy atom. The van der Waals surface area contributed by atoms with Crippen molar-refractivity contribution in [3.05, 3.63) is 114 Å². The fourth-order valence-corrected chi connectivity index (χ4v) is 7.55. The Labute approximate surface area is 245 Å². The van der Waals surface area contributed by atoms with Gasteiger partial charge in [0.05, 0.1) is 30.3 Å². The fraction of sp³-hybridized carbons (Fsp3) is 0.0556. The van der Waals surface area contributed by atoms with E-state index in [1.807, 2.05) is 18.2 Å². The predicted octanol–water partition coefficient (Wildman–Crippen LogP) is 10.6. The molecule has 0 saturated heterocycles. The predicted molar refractivity (Wildman–Crippen MR) is 175 cm³/mol. The Kier molecular flexibility index (Phi) is 5.49.